The van der Waals surface area contributed by atoms with E-state index in [0.29, 0.717) is 31.4 Å². The van der Waals surface area contributed by atoms with Crippen molar-refractivity contribution >= 4 is 62.4 Å². The highest BCUT2D eigenvalue weighted by atomic mass is 35.5. The van der Waals surface area contributed by atoms with E-state index in [1.807, 2.05) is 0 Å². The number of aromatic nitrogens is 1. The molecule has 6 nitrogen and oxygen atoms in total. The molecule has 1 aromatic heterocycles. The molecule has 9 heteroatoms. The Morgan fingerprint density at radius 3 is 2.38 bits per heavy atom. The number of ether oxygens (including phenoxy) is 1. The number of fused-ring (bicyclic) bond motifs is 1. The molecule has 0 aliphatic carbocycles. The number of hydrogen-bond acceptors (Lipinski definition) is 5. The highest BCUT2D eigenvalue weighted by Gasteiger charge is 2.16. The molecule has 1 heterocycles. The number of thiazole rings is 1. The van der Waals surface area contributed by atoms with E-state index >= 15 is 0 Å². The summed E-state index contributed by atoms with van der Waals surface area (Å²) in [5.41, 5.74) is 1.37. The van der Waals surface area contributed by atoms with Crippen LogP contribution < -0.4 is 4.80 Å². The number of carbonyl (C=O) groups is 3. The molecule has 3 aromatic rings. The molecule has 0 bridgehead atoms. The number of nitrogens with zero attached hydrogens (tertiary/aromatic N) is 2. The van der Waals surface area contributed by atoms with Gasteiger partial charge in [0.1, 0.15) is 6.54 Å². The molecule has 0 N–H and O–H groups in total. The summed E-state index contributed by atoms with van der Waals surface area (Å²) < 4.78 is 7.25. The zero-order chi connectivity index (χ0) is 21.1. The summed E-state index contributed by atoms with van der Waals surface area (Å²) in [6, 6.07) is 9.47. The normalized spacial score (nSPS) is 11.7. The Hall–Kier alpha value is -2.48. The topological polar surface area (TPSA) is 77.7 Å². The molecule has 0 radical (unpaired) electrons. The van der Waals surface area contributed by atoms with Crippen LogP contribution in [-0.4, -0.2) is 28.8 Å². The third kappa shape index (κ3) is 4.75. The minimum Gasteiger partial charge on any atom is -0.465 e. The SMILES string of the molecule is CCOC(=O)Cn1c(=NC(=O)c2ccc(C(C)=O)cc2)sc2cc(Cl)cc(Cl)c21. The number of Topliss-reactive ketones (excluding diaryl/α,β-unsaturated/α-hetero) is 1. The number of ketones is 1. The van der Waals surface area contributed by atoms with Crippen LogP contribution in [0.3, 0.4) is 0 Å². The first-order valence-electron chi connectivity index (χ1n) is 8.64. The van der Waals surface area contributed by atoms with Gasteiger partial charge in [0.15, 0.2) is 10.6 Å². The van der Waals surface area contributed by atoms with Crippen molar-refractivity contribution in [1.29, 1.82) is 0 Å². The molecule has 0 saturated carbocycles. The van der Waals surface area contributed by atoms with E-state index in [-0.39, 0.29) is 23.7 Å². The molecule has 29 heavy (non-hydrogen) atoms. The van der Waals surface area contributed by atoms with Crippen LogP contribution in [0.4, 0.5) is 0 Å². The molecular formula is C20H16Cl2N2O4S. The zero-order valence-electron chi connectivity index (χ0n) is 15.6. The maximum atomic E-state index is 12.7. The molecule has 0 aliphatic heterocycles. The van der Waals surface area contributed by atoms with Crippen molar-refractivity contribution < 1.29 is 19.1 Å². The lowest BCUT2D eigenvalue weighted by Crippen LogP contribution is -2.23. The van der Waals surface area contributed by atoms with Gasteiger partial charge in [-0.25, -0.2) is 0 Å². The van der Waals surface area contributed by atoms with Crippen molar-refractivity contribution in [2.75, 3.05) is 6.61 Å². The van der Waals surface area contributed by atoms with E-state index in [9.17, 15) is 14.4 Å². The molecular weight excluding hydrogens is 435 g/mol. The minimum absolute atomic E-state index is 0.0933. The third-order valence-corrected chi connectivity index (χ3v) is 5.56. The summed E-state index contributed by atoms with van der Waals surface area (Å²) in [6.45, 7) is 3.24. The van der Waals surface area contributed by atoms with E-state index in [1.54, 1.807) is 35.8 Å². The Bertz CT molecular complexity index is 1180. The highest BCUT2D eigenvalue weighted by molar-refractivity contribution is 7.16. The molecule has 3 rings (SSSR count). The Morgan fingerprint density at radius 1 is 1.10 bits per heavy atom. The van der Waals surface area contributed by atoms with Crippen LogP contribution in [0.25, 0.3) is 10.2 Å². The standard InChI is InChI=1S/C20H16Cl2N2O4S/c1-3-28-17(26)10-24-18-15(22)8-14(21)9-16(18)29-20(24)23-19(27)13-6-4-12(5-7-13)11(2)25/h4-9H,3,10H2,1-2H3. The molecule has 2 aromatic carbocycles. The summed E-state index contributed by atoms with van der Waals surface area (Å²) in [6.07, 6.45) is 0. The van der Waals surface area contributed by atoms with Gasteiger partial charge in [0.2, 0.25) is 0 Å². The number of benzene rings is 2. The van der Waals surface area contributed by atoms with Crippen LogP contribution in [0.2, 0.25) is 10.0 Å². The molecule has 150 valence electrons. The van der Waals surface area contributed by atoms with Gasteiger partial charge < -0.3 is 9.30 Å². The van der Waals surface area contributed by atoms with Gasteiger partial charge in [-0.1, -0.05) is 46.7 Å². The number of carbonyl (C=O) groups excluding carboxylic acids is 3. The lowest BCUT2D eigenvalue weighted by Gasteiger charge is -2.06. The maximum absolute atomic E-state index is 12.7. The quantitative estimate of drug-likeness (QED) is 0.422. The number of rotatable bonds is 5. The van der Waals surface area contributed by atoms with E-state index in [1.165, 1.54) is 30.4 Å². The second-order valence-electron chi connectivity index (χ2n) is 6.06. The first kappa shape index (κ1) is 21.2. The monoisotopic (exact) mass is 450 g/mol. The maximum Gasteiger partial charge on any atom is 0.326 e. The van der Waals surface area contributed by atoms with Crippen LogP contribution in [0, 0.1) is 0 Å². The Balaban J connectivity index is 2.11. The van der Waals surface area contributed by atoms with E-state index in [4.69, 9.17) is 27.9 Å². The van der Waals surface area contributed by atoms with Gasteiger partial charge in [-0.3, -0.25) is 14.4 Å². The van der Waals surface area contributed by atoms with Crippen LogP contribution in [-0.2, 0) is 16.1 Å². The highest BCUT2D eigenvalue weighted by Crippen LogP contribution is 2.29. The Morgan fingerprint density at radius 2 is 1.76 bits per heavy atom. The van der Waals surface area contributed by atoms with Gasteiger partial charge in [-0.15, -0.1) is 0 Å². The lowest BCUT2D eigenvalue weighted by molar-refractivity contribution is -0.143. The Labute approximate surface area is 180 Å². The van der Waals surface area contributed by atoms with Gasteiger partial charge in [-0.2, -0.15) is 4.99 Å². The lowest BCUT2D eigenvalue weighted by atomic mass is 10.1. The predicted octanol–water partition coefficient (Wildman–Crippen LogP) is 4.52. The molecule has 0 unspecified atom stereocenters. The summed E-state index contributed by atoms with van der Waals surface area (Å²) in [4.78, 5) is 40.6. The van der Waals surface area contributed by atoms with Crippen molar-refractivity contribution in [3.63, 3.8) is 0 Å². The van der Waals surface area contributed by atoms with Crippen molar-refractivity contribution in [2.24, 2.45) is 4.99 Å². The predicted molar refractivity (Wildman–Crippen MR) is 113 cm³/mol. The van der Waals surface area contributed by atoms with Crippen molar-refractivity contribution in [1.82, 2.24) is 4.57 Å². The molecule has 0 fully saturated rings. The largest absolute Gasteiger partial charge is 0.465 e. The molecule has 1 amide bonds. The van der Waals surface area contributed by atoms with E-state index in [0.717, 1.165) is 0 Å². The average molecular weight is 451 g/mol. The Kier molecular flexibility index (Phi) is 6.52. The number of amides is 1. The third-order valence-electron chi connectivity index (χ3n) is 4.02. The summed E-state index contributed by atoms with van der Waals surface area (Å²) in [7, 11) is 0. The smallest absolute Gasteiger partial charge is 0.326 e. The van der Waals surface area contributed by atoms with Crippen LogP contribution >= 0.6 is 34.5 Å². The van der Waals surface area contributed by atoms with Gasteiger partial charge >= 0.3 is 5.97 Å². The van der Waals surface area contributed by atoms with Gasteiger partial charge in [-0.05, 0) is 38.1 Å². The van der Waals surface area contributed by atoms with E-state index < -0.39 is 11.9 Å². The van der Waals surface area contributed by atoms with Crippen LogP contribution in [0.15, 0.2) is 41.4 Å². The fourth-order valence-electron chi connectivity index (χ4n) is 2.70. The fraction of sp³-hybridized carbons (Fsp3) is 0.200. The van der Waals surface area contributed by atoms with Gasteiger partial charge in [0.05, 0.1) is 21.8 Å². The second-order valence-corrected chi connectivity index (χ2v) is 7.91. The second kappa shape index (κ2) is 8.90. The molecule has 0 saturated heterocycles. The molecule has 0 atom stereocenters. The minimum atomic E-state index is -0.508. The fourth-order valence-corrected chi connectivity index (χ4v) is 4.51. The zero-order valence-corrected chi connectivity index (χ0v) is 17.9. The average Bonchev–Trinajstić information content (AvgIpc) is 2.98. The van der Waals surface area contributed by atoms with Gasteiger partial charge in [0, 0.05) is 16.1 Å². The number of hydrogen-bond donors (Lipinski definition) is 0. The molecule has 0 spiro atoms. The number of halogens is 2. The van der Waals surface area contributed by atoms with Crippen molar-refractivity contribution in [3.05, 3.63) is 62.4 Å². The van der Waals surface area contributed by atoms with Crippen molar-refractivity contribution in [2.45, 2.75) is 20.4 Å². The summed E-state index contributed by atoms with van der Waals surface area (Å²) >= 11 is 13.6. The first-order chi connectivity index (χ1) is 13.8. The first-order valence-corrected chi connectivity index (χ1v) is 10.2. The summed E-state index contributed by atoms with van der Waals surface area (Å²) in [5.74, 6) is -1.08. The molecule has 0 aliphatic rings. The summed E-state index contributed by atoms with van der Waals surface area (Å²) in [5, 5.41) is 0.775. The van der Waals surface area contributed by atoms with Crippen LogP contribution in [0.5, 0.6) is 0 Å². The number of esters is 1. The van der Waals surface area contributed by atoms with Crippen LogP contribution in [0.1, 0.15) is 34.6 Å². The van der Waals surface area contributed by atoms with E-state index in [2.05, 4.69) is 4.99 Å². The van der Waals surface area contributed by atoms with Crippen molar-refractivity contribution in [3.8, 4) is 0 Å². The van der Waals surface area contributed by atoms with Gasteiger partial charge in [0.25, 0.3) is 5.91 Å².